The molecule has 0 saturated heterocycles. The second kappa shape index (κ2) is 21.8. The van der Waals surface area contributed by atoms with Crippen LogP contribution in [-0.2, 0) is 6.42 Å². The van der Waals surface area contributed by atoms with Crippen molar-refractivity contribution in [2.24, 2.45) is 0 Å². The van der Waals surface area contributed by atoms with Gasteiger partial charge in [-0.05, 0) is 48.8 Å². The molecule has 0 aliphatic heterocycles. The van der Waals surface area contributed by atoms with Crippen molar-refractivity contribution in [3.05, 3.63) is 65.7 Å². The smallest absolute Gasteiger partial charge is 0.0152 e. The predicted octanol–water partition coefficient (Wildman–Crippen LogP) is 9.66. The fraction of sp³-hybridized carbons (Fsp3) is 0.481. The lowest BCUT2D eigenvalue weighted by Crippen LogP contribution is -1.90. The number of thiol groups is 1. The van der Waals surface area contributed by atoms with Gasteiger partial charge in [0.25, 0.3) is 0 Å². The molecular weight excluding hydrogens is 356 g/mol. The van der Waals surface area contributed by atoms with Crippen LogP contribution in [0.5, 0.6) is 0 Å². The van der Waals surface area contributed by atoms with Gasteiger partial charge in [0.2, 0.25) is 0 Å². The summed E-state index contributed by atoms with van der Waals surface area (Å²) in [6.07, 6.45) is 5.38. The Kier molecular flexibility index (Phi) is 24.3. The van der Waals surface area contributed by atoms with Gasteiger partial charge in [-0.2, -0.15) is 12.6 Å². The van der Waals surface area contributed by atoms with Crippen molar-refractivity contribution in [3.63, 3.8) is 0 Å². The number of rotatable bonds is 4. The first-order chi connectivity index (χ1) is 13.5. The summed E-state index contributed by atoms with van der Waals surface area (Å²) in [7, 11) is 0. The fourth-order valence-corrected chi connectivity index (χ4v) is 2.17. The molecule has 2 aromatic carbocycles. The monoisotopic (exact) mass is 402 g/mol. The number of benzene rings is 2. The molecule has 0 spiro atoms. The first kappa shape index (κ1) is 31.2. The van der Waals surface area contributed by atoms with Crippen molar-refractivity contribution in [2.45, 2.75) is 81.6 Å². The SMILES string of the molecule is C=C(C)c1ccc(-c2ccc(C)cc2)c(CC)c1.CC.CC.CCCC.CS. The van der Waals surface area contributed by atoms with Gasteiger partial charge in [-0.25, -0.2) is 0 Å². The quantitative estimate of drug-likeness (QED) is 0.483. The number of hydrogen-bond acceptors (Lipinski definition) is 1. The van der Waals surface area contributed by atoms with Gasteiger partial charge < -0.3 is 0 Å². The van der Waals surface area contributed by atoms with Gasteiger partial charge in [0.05, 0.1) is 0 Å². The molecule has 0 aliphatic carbocycles. The largest absolute Gasteiger partial charge is 0.183 e. The Labute approximate surface area is 182 Å². The predicted molar refractivity (Wildman–Crippen MR) is 139 cm³/mol. The van der Waals surface area contributed by atoms with E-state index in [9.17, 15) is 0 Å². The first-order valence-electron chi connectivity index (χ1n) is 10.8. The Hall–Kier alpha value is -1.47. The molecule has 0 N–H and O–H groups in total. The molecule has 28 heavy (non-hydrogen) atoms. The number of hydrogen-bond donors (Lipinski definition) is 1. The second-order valence-electron chi connectivity index (χ2n) is 5.87. The second-order valence-corrected chi connectivity index (χ2v) is 5.87. The van der Waals surface area contributed by atoms with Crippen LogP contribution in [0.15, 0.2) is 49.0 Å². The third kappa shape index (κ3) is 12.8. The van der Waals surface area contributed by atoms with Gasteiger partial charge in [0.15, 0.2) is 0 Å². The Bertz CT molecular complexity index is 592. The maximum absolute atomic E-state index is 4.01. The van der Waals surface area contributed by atoms with Crippen LogP contribution < -0.4 is 0 Å². The highest BCUT2D eigenvalue weighted by Gasteiger charge is 2.05. The van der Waals surface area contributed by atoms with E-state index in [0.29, 0.717) is 0 Å². The van der Waals surface area contributed by atoms with E-state index in [1.807, 2.05) is 27.7 Å². The summed E-state index contributed by atoms with van der Waals surface area (Å²) >= 11 is 3.53. The van der Waals surface area contributed by atoms with Gasteiger partial charge in [-0.15, -0.1) is 0 Å². The third-order valence-electron chi connectivity index (χ3n) is 3.84. The van der Waals surface area contributed by atoms with E-state index in [-0.39, 0.29) is 0 Å². The summed E-state index contributed by atoms with van der Waals surface area (Å²) in [5, 5.41) is 0. The van der Waals surface area contributed by atoms with Gasteiger partial charge in [0.1, 0.15) is 0 Å². The Morgan fingerprint density at radius 1 is 0.821 bits per heavy atom. The Balaban J connectivity index is -0.000000535. The normalized spacial score (nSPS) is 8.39. The molecule has 0 heterocycles. The van der Waals surface area contributed by atoms with E-state index >= 15 is 0 Å². The zero-order chi connectivity index (χ0) is 22.5. The number of aryl methyl sites for hydroxylation is 2. The maximum Gasteiger partial charge on any atom is -0.0152 e. The highest BCUT2D eigenvalue weighted by atomic mass is 32.1. The molecule has 0 aliphatic rings. The van der Waals surface area contributed by atoms with Crippen molar-refractivity contribution in [1.29, 1.82) is 0 Å². The van der Waals surface area contributed by atoms with E-state index in [4.69, 9.17) is 0 Å². The molecule has 0 saturated carbocycles. The van der Waals surface area contributed by atoms with Crippen molar-refractivity contribution in [3.8, 4) is 11.1 Å². The summed E-state index contributed by atoms with van der Waals surface area (Å²) in [4.78, 5) is 0. The van der Waals surface area contributed by atoms with E-state index < -0.39 is 0 Å². The molecule has 2 rings (SSSR count). The molecule has 1 heteroatoms. The standard InChI is InChI=1S/C18H20.C4H10.2C2H6.CH4S/c1-5-15-12-17(13(2)3)10-11-18(15)16-8-6-14(4)7-9-16;1-3-4-2;3*1-2/h6-12H,2,5H2,1,3-4H3;3-4H2,1-2H3;2*1-2H3;2H,1H3. The molecule has 2 aromatic rings. The summed E-state index contributed by atoms with van der Waals surface area (Å²) in [5.41, 5.74) is 7.69. The van der Waals surface area contributed by atoms with Gasteiger partial charge >= 0.3 is 0 Å². The molecular formula is C27H46S. The van der Waals surface area contributed by atoms with Crippen molar-refractivity contribution in [1.82, 2.24) is 0 Å². The first-order valence-corrected chi connectivity index (χ1v) is 11.7. The molecule has 0 atom stereocenters. The van der Waals surface area contributed by atoms with E-state index in [0.717, 1.165) is 12.0 Å². The fourth-order valence-electron chi connectivity index (χ4n) is 2.17. The summed E-state index contributed by atoms with van der Waals surface area (Å²) in [5.74, 6) is 0. The molecule has 0 unspecified atom stereocenters. The molecule has 0 bridgehead atoms. The Morgan fingerprint density at radius 2 is 1.29 bits per heavy atom. The van der Waals surface area contributed by atoms with Gasteiger partial charge in [-0.1, -0.05) is 121 Å². The van der Waals surface area contributed by atoms with Crippen molar-refractivity contribution >= 4 is 18.2 Å². The Morgan fingerprint density at radius 3 is 1.64 bits per heavy atom. The minimum Gasteiger partial charge on any atom is -0.183 e. The maximum atomic E-state index is 4.01. The average Bonchev–Trinajstić information content (AvgIpc) is 2.78. The molecule has 0 aromatic heterocycles. The third-order valence-corrected chi connectivity index (χ3v) is 3.84. The van der Waals surface area contributed by atoms with Crippen LogP contribution in [-0.4, -0.2) is 6.26 Å². The van der Waals surface area contributed by atoms with E-state index in [1.54, 1.807) is 6.26 Å². The summed E-state index contributed by atoms with van der Waals surface area (Å²) < 4.78 is 0. The van der Waals surface area contributed by atoms with Crippen molar-refractivity contribution < 1.29 is 0 Å². The van der Waals surface area contributed by atoms with Crippen molar-refractivity contribution in [2.75, 3.05) is 6.26 Å². The zero-order valence-electron chi connectivity index (χ0n) is 20.3. The van der Waals surface area contributed by atoms with Crippen LogP contribution in [0.2, 0.25) is 0 Å². The van der Waals surface area contributed by atoms with Gasteiger partial charge in [0, 0.05) is 0 Å². The lowest BCUT2D eigenvalue weighted by atomic mass is 9.94. The average molecular weight is 403 g/mol. The lowest BCUT2D eigenvalue weighted by Gasteiger charge is -2.11. The number of allylic oxidation sites excluding steroid dienone is 1. The van der Waals surface area contributed by atoms with Crippen LogP contribution in [0.4, 0.5) is 0 Å². The molecule has 160 valence electrons. The highest BCUT2D eigenvalue weighted by molar-refractivity contribution is 7.79. The minimum absolute atomic E-state index is 1.05. The lowest BCUT2D eigenvalue weighted by molar-refractivity contribution is 0.886. The van der Waals surface area contributed by atoms with Crippen LogP contribution in [0, 0.1) is 6.92 Å². The van der Waals surface area contributed by atoms with Crippen LogP contribution in [0.3, 0.4) is 0 Å². The zero-order valence-corrected chi connectivity index (χ0v) is 21.2. The van der Waals surface area contributed by atoms with Gasteiger partial charge in [-0.3, -0.25) is 0 Å². The summed E-state index contributed by atoms with van der Waals surface area (Å²) in [6.45, 7) is 22.8. The molecule has 0 amide bonds. The highest BCUT2D eigenvalue weighted by Crippen LogP contribution is 2.27. The van der Waals surface area contributed by atoms with E-state index in [1.165, 1.54) is 40.7 Å². The molecule has 0 radical (unpaired) electrons. The minimum atomic E-state index is 1.05. The van der Waals surface area contributed by atoms with Crippen LogP contribution in [0.25, 0.3) is 16.7 Å². The van der Waals surface area contributed by atoms with Crippen LogP contribution in [0.1, 0.15) is 84.9 Å². The molecule has 0 nitrogen and oxygen atoms in total. The van der Waals surface area contributed by atoms with Crippen LogP contribution >= 0.6 is 12.6 Å². The topological polar surface area (TPSA) is 0 Å². The summed E-state index contributed by atoms with van der Waals surface area (Å²) in [6, 6.07) is 15.4. The van der Waals surface area contributed by atoms with E-state index in [2.05, 4.69) is 96.3 Å². The molecule has 0 fully saturated rings. The number of unbranched alkanes of at least 4 members (excludes halogenated alkanes) is 1.